The van der Waals surface area contributed by atoms with Gasteiger partial charge in [-0.05, 0) is 45.6 Å². The molecule has 0 bridgehead atoms. The first-order valence-electron chi connectivity index (χ1n) is 7.08. The van der Waals surface area contributed by atoms with E-state index in [2.05, 4.69) is 39.8 Å². The summed E-state index contributed by atoms with van der Waals surface area (Å²) in [6.07, 6.45) is 2.33. The second kappa shape index (κ2) is 6.98. The second-order valence-corrected chi connectivity index (χ2v) is 6.59. The van der Waals surface area contributed by atoms with Crippen molar-refractivity contribution >= 4 is 15.9 Å². The van der Waals surface area contributed by atoms with Crippen LogP contribution in [0.1, 0.15) is 24.4 Å². The molecular weight excluding hydrogens is 321 g/mol. The zero-order chi connectivity index (χ0) is 14.7. The fourth-order valence-corrected chi connectivity index (χ4v) is 3.27. The number of benzene rings is 1. The van der Waals surface area contributed by atoms with Crippen LogP contribution >= 0.6 is 15.9 Å². The summed E-state index contributed by atoms with van der Waals surface area (Å²) in [5.41, 5.74) is 6.63. The van der Waals surface area contributed by atoms with Gasteiger partial charge in [-0.25, -0.2) is 4.39 Å². The van der Waals surface area contributed by atoms with Gasteiger partial charge < -0.3 is 10.6 Å². The largest absolute Gasteiger partial charge is 0.329 e. The van der Waals surface area contributed by atoms with E-state index in [1.54, 1.807) is 0 Å². The van der Waals surface area contributed by atoms with Crippen LogP contribution in [0.3, 0.4) is 0 Å². The third-order valence-electron chi connectivity index (χ3n) is 4.14. The van der Waals surface area contributed by atoms with E-state index in [1.807, 2.05) is 12.1 Å². The number of rotatable bonds is 4. The van der Waals surface area contributed by atoms with Crippen LogP contribution in [0.2, 0.25) is 0 Å². The van der Waals surface area contributed by atoms with Gasteiger partial charge in [0, 0.05) is 35.2 Å². The number of piperidine rings is 1. The first-order valence-corrected chi connectivity index (χ1v) is 7.87. The minimum atomic E-state index is -0.179. The Balaban J connectivity index is 2.19. The molecule has 1 heterocycles. The molecule has 112 valence electrons. The predicted octanol–water partition coefficient (Wildman–Crippen LogP) is 2.61. The van der Waals surface area contributed by atoms with Crippen LogP contribution in [0.15, 0.2) is 22.7 Å². The molecule has 0 amide bonds. The van der Waals surface area contributed by atoms with E-state index in [1.165, 1.54) is 12.5 Å². The molecule has 5 heteroatoms. The van der Waals surface area contributed by atoms with Crippen molar-refractivity contribution in [1.29, 1.82) is 0 Å². The lowest BCUT2D eigenvalue weighted by Gasteiger charge is -2.40. The van der Waals surface area contributed by atoms with Crippen LogP contribution in [-0.2, 0) is 0 Å². The third-order valence-corrected chi connectivity index (χ3v) is 4.64. The van der Waals surface area contributed by atoms with E-state index in [-0.39, 0.29) is 11.9 Å². The van der Waals surface area contributed by atoms with Crippen molar-refractivity contribution in [2.24, 2.45) is 5.73 Å². The second-order valence-electron chi connectivity index (χ2n) is 5.67. The van der Waals surface area contributed by atoms with Crippen molar-refractivity contribution in [1.82, 2.24) is 9.80 Å². The summed E-state index contributed by atoms with van der Waals surface area (Å²) in [4.78, 5) is 4.57. The Bertz CT molecular complexity index is 453. The summed E-state index contributed by atoms with van der Waals surface area (Å²) in [7, 11) is 4.21. The van der Waals surface area contributed by atoms with Crippen molar-refractivity contribution in [3.05, 3.63) is 34.1 Å². The molecule has 0 spiro atoms. The normalized spacial score (nSPS) is 22.2. The van der Waals surface area contributed by atoms with Crippen LogP contribution in [0, 0.1) is 5.82 Å². The smallest absolute Gasteiger partial charge is 0.129 e. The molecule has 0 aliphatic carbocycles. The van der Waals surface area contributed by atoms with Gasteiger partial charge in [-0.15, -0.1) is 0 Å². The fraction of sp³-hybridized carbons (Fsp3) is 0.600. The van der Waals surface area contributed by atoms with E-state index in [4.69, 9.17) is 5.73 Å². The quantitative estimate of drug-likeness (QED) is 0.911. The molecule has 0 radical (unpaired) electrons. The highest BCUT2D eigenvalue weighted by atomic mass is 79.9. The van der Waals surface area contributed by atoms with Gasteiger partial charge in [0.2, 0.25) is 0 Å². The molecule has 20 heavy (non-hydrogen) atoms. The molecule has 1 aliphatic heterocycles. The van der Waals surface area contributed by atoms with Gasteiger partial charge in [0.1, 0.15) is 5.82 Å². The first kappa shape index (κ1) is 15.9. The number of hydrogen-bond donors (Lipinski definition) is 1. The zero-order valence-corrected chi connectivity index (χ0v) is 13.7. The number of nitrogens with two attached hydrogens (primary N) is 1. The third kappa shape index (κ3) is 3.58. The highest BCUT2D eigenvalue weighted by molar-refractivity contribution is 9.10. The van der Waals surface area contributed by atoms with Gasteiger partial charge in [-0.1, -0.05) is 22.0 Å². The van der Waals surface area contributed by atoms with Gasteiger partial charge >= 0.3 is 0 Å². The van der Waals surface area contributed by atoms with E-state index >= 15 is 0 Å². The lowest BCUT2D eigenvalue weighted by molar-refractivity contribution is 0.0969. The van der Waals surface area contributed by atoms with Gasteiger partial charge in [0.25, 0.3) is 0 Å². The summed E-state index contributed by atoms with van der Waals surface area (Å²) >= 11 is 3.30. The molecule has 1 aromatic rings. The molecule has 0 saturated carbocycles. The average molecular weight is 344 g/mol. The van der Waals surface area contributed by atoms with Crippen LogP contribution < -0.4 is 5.73 Å². The van der Waals surface area contributed by atoms with Crippen molar-refractivity contribution in [3.63, 3.8) is 0 Å². The molecule has 3 nitrogen and oxygen atoms in total. The SMILES string of the molecule is CN(C)C1CCCN(C(CN)c2ccc(Br)cc2F)C1. The van der Waals surface area contributed by atoms with Crippen LogP contribution in [-0.4, -0.2) is 49.6 Å². The highest BCUT2D eigenvalue weighted by Crippen LogP contribution is 2.28. The summed E-state index contributed by atoms with van der Waals surface area (Å²) in [5, 5.41) is 0. The summed E-state index contributed by atoms with van der Waals surface area (Å²) in [6, 6.07) is 5.73. The van der Waals surface area contributed by atoms with Gasteiger partial charge in [0.15, 0.2) is 0 Å². The fourth-order valence-electron chi connectivity index (χ4n) is 2.93. The number of likely N-dealkylation sites (tertiary alicyclic amines) is 1. The average Bonchev–Trinajstić information content (AvgIpc) is 2.42. The number of likely N-dealkylation sites (N-methyl/N-ethyl adjacent to an activating group) is 1. The first-order chi connectivity index (χ1) is 9.52. The van der Waals surface area contributed by atoms with E-state index in [9.17, 15) is 4.39 Å². The molecule has 1 aliphatic rings. The zero-order valence-electron chi connectivity index (χ0n) is 12.1. The lowest BCUT2D eigenvalue weighted by atomic mass is 9.98. The number of hydrogen-bond acceptors (Lipinski definition) is 3. The van der Waals surface area contributed by atoms with Crippen molar-refractivity contribution in [3.8, 4) is 0 Å². The summed E-state index contributed by atoms with van der Waals surface area (Å²) in [5.74, 6) is -0.179. The molecule has 2 rings (SSSR count). The molecular formula is C15H23BrFN3. The number of nitrogens with zero attached hydrogens (tertiary/aromatic N) is 2. The maximum Gasteiger partial charge on any atom is 0.129 e. The van der Waals surface area contributed by atoms with E-state index in [0.717, 1.165) is 24.0 Å². The Labute approximate surface area is 129 Å². The van der Waals surface area contributed by atoms with Gasteiger partial charge in [-0.2, -0.15) is 0 Å². The molecule has 2 N–H and O–H groups in total. The van der Waals surface area contributed by atoms with Crippen molar-refractivity contribution < 1.29 is 4.39 Å². The molecule has 0 aromatic heterocycles. The monoisotopic (exact) mass is 343 g/mol. The van der Waals surface area contributed by atoms with Crippen molar-refractivity contribution in [2.45, 2.75) is 24.9 Å². The molecule has 1 saturated heterocycles. The standard InChI is InChI=1S/C15H23BrFN3/c1-19(2)12-4-3-7-20(10-12)15(9-18)13-6-5-11(16)8-14(13)17/h5-6,8,12,15H,3-4,7,9-10,18H2,1-2H3. The predicted molar refractivity (Wildman–Crippen MR) is 84.2 cm³/mol. The summed E-state index contributed by atoms with van der Waals surface area (Å²) < 4.78 is 14.9. The maximum atomic E-state index is 14.2. The van der Waals surface area contributed by atoms with E-state index in [0.29, 0.717) is 18.2 Å². The Hall–Kier alpha value is -0.490. The number of halogens is 2. The van der Waals surface area contributed by atoms with Crippen LogP contribution in [0.5, 0.6) is 0 Å². The molecule has 2 unspecified atom stereocenters. The Morgan fingerprint density at radius 2 is 2.25 bits per heavy atom. The highest BCUT2D eigenvalue weighted by Gasteiger charge is 2.28. The topological polar surface area (TPSA) is 32.5 Å². The van der Waals surface area contributed by atoms with E-state index < -0.39 is 0 Å². The van der Waals surface area contributed by atoms with Gasteiger partial charge in [-0.3, -0.25) is 4.90 Å². The van der Waals surface area contributed by atoms with Crippen LogP contribution in [0.25, 0.3) is 0 Å². The molecule has 2 atom stereocenters. The lowest BCUT2D eigenvalue weighted by Crippen LogP contribution is -2.48. The Morgan fingerprint density at radius 1 is 1.50 bits per heavy atom. The van der Waals surface area contributed by atoms with Gasteiger partial charge in [0.05, 0.1) is 0 Å². The van der Waals surface area contributed by atoms with Crippen molar-refractivity contribution in [2.75, 3.05) is 33.7 Å². The maximum absolute atomic E-state index is 14.2. The molecule has 1 aromatic carbocycles. The summed E-state index contributed by atoms with van der Waals surface area (Å²) in [6.45, 7) is 2.38. The van der Waals surface area contributed by atoms with Crippen LogP contribution in [0.4, 0.5) is 4.39 Å². The molecule has 1 fully saturated rings. The minimum Gasteiger partial charge on any atom is -0.329 e. The Kier molecular flexibility index (Phi) is 5.55. The minimum absolute atomic E-state index is 0.0363. The Morgan fingerprint density at radius 3 is 2.85 bits per heavy atom.